The van der Waals surface area contributed by atoms with Gasteiger partial charge in [0, 0.05) is 24.2 Å². The molecule has 0 aliphatic carbocycles. The van der Waals surface area contributed by atoms with Crippen molar-refractivity contribution in [2.24, 2.45) is 0 Å². The monoisotopic (exact) mass is 293 g/mol. The molecule has 2 rings (SSSR count). The van der Waals surface area contributed by atoms with Gasteiger partial charge in [-0.05, 0) is 39.0 Å². The summed E-state index contributed by atoms with van der Waals surface area (Å²) in [6, 6.07) is 5.31. The van der Waals surface area contributed by atoms with E-state index < -0.39 is 0 Å². The number of amides is 3. The molecular formula is C15H20FN3O2. The van der Waals surface area contributed by atoms with Crippen molar-refractivity contribution in [3.8, 4) is 0 Å². The van der Waals surface area contributed by atoms with Crippen molar-refractivity contribution >= 4 is 17.6 Å². The fraction of sp³-hybridized carbons (Fsp3) is 0.467. The lowest BCUT2D eigenvalue weighted by molar-refractivity contribution is -0.117. The molecule has 21 heavy (non-hydrogen) atoms. The fourth-order valence-corrected chi connectivity index (χ4v) is 2.26. The topological polar surface area (TPSA) is 61.4 Å². The summed E-state index contributed by atoms with van der Waals surface area (Å²) >= 11 is 0. The Morgan fingerprint density at radius 2 is 2.10 bits per heavy atom. The van der Waals surface area contributed by atoms with E-state index in [9.17, 15) is 14.0 Å². The quantitative estimate of drug-likeness (QED) is 0.876. The molecule has 0 saturated carbocycles. The van der Waals surface area contributed by atoms with Crippen LogP contribution in [-0.2, 0) is 4.79 Å². The summed E-state index contributed by atoms with van der Waals surface area (Å²) in [6.07, 6.45) is 0.216. The van der Waals surface area contributed by atoms with E-state index in [1.807, 2.05) is 20.8 Å². The van der Waals surface area contributed by atoms with Gasteiger partial charge in [0.15, 0.2) is 0 Å². The molecule has 6 heteroatoms. The van der Waals surface area contributed by atoms with Gasteiger partial charge in [0.2, 0.25) is 5.91 Å². The first-order valence-electron chi connectivity index (χ1n) is 6.89. The molecule has 1 fully saturated rings. The molecule has 0 unspecified atom stereocenters. The predicted octanol–water partition coefficient (Wildman–Crippen LogP) is 2.03. The molecule has 1 aliphatic heterocycles. The average molecular weight is 293 g/mol. The maximum absolute atomic E-state index is 13.2. The van der Waals surface area contributed by atoms with Crippen molar-refractivity contribution in [2.45, 2.75) is 38.8 Å². The van der Waals surface area contributed by atoms with Gasteiger partial charge in [0.25, 0.3) is 0 Å². The summed E-state index contributed by atoms with van der Waals surface area (Å²) in [7, 11) is 0. The summed E-state index contributed by atoms with van der Waals surface area (Å²) in [6.45, 7) is 5.99. The minimum Gasteiger partial charge on any atom is -0.334 e. The lowest BCUT2D eigenvalue weighted by Crippen LogP contribution is -2.50. The van der Waals surface area contributed by atoms with Crippen molar-refractivity contribution in [1.29, 1.82) is 0 Å². The zero-order chi connectivity index (χ0) is 15.6. The number of benzene rings is 1. The average Bonchev–Trinajstić information content (AvgIpc) is 2.67. The van der Waals surface area contributed by atoms with Gasteiger partial charge in [-0.15, -0.1) is 0 Å². The second kappa shape index (κ2) is 5.71. The number of nitrogens with one attached hydrogen (secondary N) is 2. The third kappa shape index (κ3) is 4.18. The Kier molecular flexibility index (Phi) is 4.16. The van der Waals surface area contributed by atoms with Crippen molar-refractivity contribution < 1.29 is 14.0 Å². The van der Waals surface area contributed by atoms with Crippen LogP contribution in [-0.4, -0.2) is 30.1 Å². The summed E-state index contributed by atoms with van der Waals surface area (Å²) < 4.78 is 13.2. The smallest absolute Gasteiger partial charge is 0.315 e. The number of rotatable bonds is 2. The van der Waals surface area contributed by atoms with Crippen LogP contribution in [0.2, 0.25) is 0 Å². The third-order valence-corrected chi connectivity index (χ3v) is 3.07. The van der Waals surface area contributed by atoms with E-state index >= 15 is 0 Å². The van der Waals surface area contributed by atoms with E-state index in [1.165, 1.54) is 17.0 Å². The van der Waals surface area contributed by atoms with Crippen LogP contribution in [0.1, 0.15) is 27.2 Å². The third-order valence-electron chi connectivity index (χ3n) is 3.07. The van der Waals surface area contributed by atoms with Crippen LogP contribution >= 0.6 is 0 Å². The van der Waals surface area contributed by atoms with Crippen molar-refractivity contribution in [3.63, 3.8) is 0 Å². The zero-order valence-corrected chi connectivity index (χ0v) is 12.4. The van der Waals surface area contributed by atoms with Gasteiger partial charge in [0.05, 0.1) is 6.04 Å². The number of carbonyl (C=O) groups is 2. The van der Waals surface area contributed by atoms with Gasteiger partial charge in [-0.2, -0.15) is 0 Å². The minimum atomic E-state index is -0.387. The standard InChI is InChI=1S/C15H20FN3O2/c1-15(2,3)18-14(21)17-11-8-13(20)19(9-11)12-6-4-5-10(16)7-12/h4-7,11H,8-9H2,1-3H3,(H2,17,18,21)/t11-/m1/s1. The normalized spacial score (nSPS) is 18.8. The SMILES string of the molecule is CC(C)(C)NC(=O)N[C@@H]1CC(=O)N(c2cccc(F)c2)C1. The van der Waals surface area contributed by atoms with Crippen LogP contribution in [0.25, 0.3) is 0 Å². The van der Waals surface area contributed by atoms with Gasteiger partial charge in [-0.1, -0.05) is 6.07 Å². The highest BCUT2D eigenvalue weighted by Gasteiger charge is 2.32. The summed E-state index contributed by atoms with van der Waals surface area (Å²) in [5.41, 5.74) is 0.176. The number of nitrogens with zero attached hydrogens (tertiary/aromatic N) is 1. The molecule has 1 aromatic rings. The summed E-state index contributed by atoms with van der Waals surface area (Å²) in [4.78, 5) is 25.3. The van der Waals surface area contributed by atoms with Crippen LogP contribution in [0, 0.1) is 5.82 Å². The van der Waals surface area contributed by atoms with E-state index in [0.29, 0.717) is 12.2 Å². The number of anilines is 1. The van der Waals surface area contributed by atoms with E-state index in [-0.39, 0.29) is 35.8 Å². The molecule has 114 valence electrons. The minimum absolute atomic E-state index is 0.123. The zero-order valence-electron chi connectivity index (χ0n) is 12.4. The molecule has 0 radical (unpaired) electrons. The predicted molar refractivity (Wildman–Crippen MR) is 78.6 cm³/mol. The first kappa shape index (κ1) is 15.3. The Balaban J connectivity index is 1.98. The van der Waals surface area contributed by atoms with Gasteiger partial charge in [-0.3, -0.25) is 4.79 Å². The second-order valence-electron chi connectivity index (χ2n) is 6.23. The van der Waals surface area contributed by atoms with Crippen LogP contribution < -0.4 is 15.5 Å². The number of carbonyl (C=O) groups excluding carboxylic acids is 2. The first-order valence-corrected chi connectivity index (χ1v) is 6.89. The van der Waals surface area contributed by atoms with Crippen molar-refractivity contribution in [2.75, 3.05) is 11.4 Å². The van der Waals surface area contributed by atoms with Gasteiger partial charge in [-0.25, -0.2) is 9.18 Å². The number of urea groups is 1. The van der Waals surface area contributed by atoms with E-state index in [2.05, 4.69) is 10.6 Å². The molecule has 5 nitrogen and oxygen atoms in total. The van der Waals surface area contributed by atoms with Gasteiger partial charge < -0.3 is 15.5 Å². The van der Waals surface area contributed by atoms with Crippen molar-refractivity contribution in [1.82, 2.24) is 10.6 Å². The molecule has 0 spiro atoms. The van der Waals surface area contributed by atoms with Crippen LogP contribution in [0.5, 0.6) is 0 Å². The lowest BCUT2D eigenvalue weighted by Gasteiger charge is -2.22. The lowest BCUT2D eigenvalue weighted by atomic mass is 10.1. The van der Waals surface area contributed by atoms with Gasteiger partial charge >= 0.3 is 6.03 Å². The Morgan fingerprint density at radius 3 is 2.71 bits per heavy atom. The molecule has 0 bridgehead atoms. The van der Waals surface area contributed by atoms with Crippen LogP contribution in [0.4, 0.5) is 14.9 Å². The molecular weight excluding hydrogens is 273 g/mol. The summed E-state index contributed by atoms with van der Waals surface area (Å²) in [5, 5.41) is 5.56. The second-order valence-corrected chi connectivity index (χ2v) is 6.23. The highest BCUT2D eigenvalue weighted by Crippen LogP contribution is 2.22. The molecule has 0 aromatic heterocycles. The molecule has 3 amide bonds. The molecule has 1 atom stereocenters. The number of halogens is 1. The molecule has 1 aromatic carbocycles. The number of hydrogen-bond donors (Lipinski definition) is 2. The van der Waals surface area contributed by atoms with Crippen LogP contribution in [0.15, 0.2) is 24.3 Å². The Labute approximate surface area is 123 Å². The number of hydrogen-bond acceptors (Lipinski definition) is 2. The molecule has 1 saturated heterocycles. The van der Waals surface area contributed by atoms with Crippen molar-refractivity contribution in [3.05, 3.63) is 30.1 Å². The largest absolute Gasteiger partial charge is 0.334 e. The molecule has 2 N–H and O–H groups in total. The Bertz CT molecular complexity index is 554. The highest BCUT2D eigenvalue weighted by atomic mass is 19.1. The Morgan fingerprint density at radius 1 is 1.38 bits per heavy atom. The summed E-state index contributed by atoms with van der Waals surface area (Å²) in [5.74, 6) is -0.510. The maximum Gasteiger partial charge on any atom is 0.315 e. The maximum atomic E-state index is 13.2. The molecule has 1 heterocycles. The van der Waals surface area contributed by atoms with Crippen LogP contribution in [0.3, 0.4) is 0 Å². The Hall–Kier alpha value is -2.11. The van der Waals surface area contributed by atoms with Gasteiger partial charge in [0.1, 0.15) is 5.82 Å². The molecule has 1 aliphatic rings. The van der Waals surface area contributed by atoms with E-state index in [4.69, 9.17) is 0 Å². The van der Waals surface area contributed by atoms with E-state index in [0.717, 1.165) is 0 Å². The fourth-order valence-electron chi connectivity index (χ4n) is 2.26. The van der Waals surface area contributed by atoms with E-state index in [1.54, 1.807) is 12.1 Å². The highest BCUT2D eigenvalue weighted by molar-refractivity contribution is 5.96. The first-order chi connectivity index (χ1) is 9.74.